The highest BCUT2D eigenvalue weighted by Gasteiger charge is 2.66. The molecular formula is C39H54O8. The van der Waals surface area contributed by atoms with E-state index in [0.717, 1.165) is 37.7 Å². The molecule has 0 radical (unpaired) electrons. The summed E-state index contributed by atoms with van der Waals surface area (Å²) in [4.78, 5) is 27.1. The molecule has 0 aromatic heterocycles. The number of allylic oxidation sites excluding steroid dienone is 2. The topological polar surface area (TPSA) is 145 Å². The van der Waals surface area contributed by atoms with Gasteiger partial charge in [0.05, 0.1) is 24.9 Å². The third-order valence-electron chi connectivity index (χ3n) is 14.3. The lowest BCUT2D eigenvalue weighted by atomic mass is 9.42. The van der Waals surface area contributed by atoms with Crippen molar-refractivity contribution < 1.29 is 39.9 Å². The number of aromatic hydroxyl groups is 1. The Labute approximate surface area is 278 Å². The number of benzene rings is 1. The second kappa shape index (κ2) is 11.8. The molecule has 1 aromatic rings. The van der Waals surface area contributed by atoms with Crippen LogP contribution in [0, 0.1) is 50.7 Å². The third-order valence-corrected chi connectivity index (χ3v) is 14.3. The molecule has 4 saturated carbocycles. The number of esters is 1. The Morgan fingerprint density at radius 2 is 1.62 bits per heavy atom. The predicted molar refractivity (Wildman–Crippen MR) is 178 cm³/mol. The van der Waals surface area contributed by atoms with Crippen molar-refractivity contribution in [1.29, 1.82) is 0 Å². The van der Waals surface area contributed by atoms with Crippen LogP contribution in [-0.4, -0.2) is 68.8 Å². The van der Waals surface area contributed by atoms with Gasteiger partial charge in [0.1, 0.15) is 18.1 Å². The summed E-state index contributed by atoms with van der Waals surface area (Å²) < 4.78 is 5.70. The molecule has 1 aromatic carbocycles. The summed E-state index contributed by atoms with van der Waals surface area (Å²) >= 11 is 0. The largest absolute Gasteiger partial charge is 0.508 e. The molecule has 0 saturated heterocycles. The fraction of sp³-hybridized carbons (Fsp3) is 0.692. The maximum atomic E-state index is 14.3. The van der Waals surface area contributed by atoms with Crippen molar-refractivity contribution in [3.8, 4) is 5.75 Å². The second-order valence-electron chi connectivity index (χ2n) is 17.1. The SMILES string of the molecule is C[C@]12CC[C@H](O)[C@](C)(CO)[C@@H]1CC[C@@]1(C)C=C3CC(=O)[C@@H]4[C@](C)(CC(O)[C@H](O)[C@@]4(C)COC(=O)/C=C/c4ccc(O)cc4)[C@H]3CC[C@H]21. The van der Waals surface area contributed by atoms with E-state index in [4.69, 9.17) is 4.74 Å². The van der Waals surface area contributed by atoms with E-state index < -0.39 is 46.4 Å². The number of phenols is 1. The van der Waals surface area contributed by atoms with E-state index in [1.807, 2.05) is 6.92 Å². The van der Waals surface area contributed by atoms with Crippen LogP contribution in [0.3, 0.4) is 0 Å². The average molecular weight is 651 g/mol. The first-order valence-electron chi connectivity index (χ1n) is 17.5. The molecule has 0 bridgehead atoms. The van der Waals surface area contributed by atoms with Crippen LogP contribution in [-0.2, 0) is 14.3 Å². The van der Waals surface area contributed by atoms with Gasteiger partial charge in [-0.05, 0) is 103 Å². The minimum absolute atomic E-state index is 0.0229. The lowest BCUT2D eigenvalue weighted by molar-refractivity contribution is -0.205. The summed E-state index contributed by atoms with van der Waals surface area (Å²) in [6.07, 6.45) is 8.20. The van der Waals surface area contributed by atoms with Crippen LogP contribution < -0.4 is 0 Å². The molecule has 0 amide bonds. The van der Waals surface area contributed by atoms with Gasteiger partial charge in [-0.3, -0.25) is 4.79 Å². The number of Topliss-reactive ketones (excluding diaryl/α,β-unsaturated/α-hetero) is 1. The van der Waals surface area contributed by atoms with E-state index in [2.05, 4.69) is 26.8 Å². The Morgan fingerprint density at radius 3 is 2.30 bits per heavy atom. The molecule has 0 aliphatic heterocycles. The molecule has 6 rings (SSSR count). The van der Waals surface area contributed by atoms with Crippen molar-refractivity contribution in [1.82, 2.24) is 0 Å². The van der Waals surface area contributed by atoms with E-state index in [1.54, 1.807) is 25.1 Å². The number of ketones is 1. The maximum absolute atomic E-state index is 14.3. The summed E-state index contributed by atoms with van der Waals surface area (Å²) in [5, 5.41) is 53.9. The van der Waals surface area contributed by atoms with Gasteiger partial charge in [0.15, 0.2) is 0 Å². The zero-order valence-corrected chi connectivity index (χ0v) is 28.6. The lowest BCUT2D eigenvalue weighted by Crippen LogP contribution is -2.65. The monoisotopic (exact) mass is 650 g/mol. The first-order chi connectivity index (χ1) is 22.0. The molecule has 5 N–H and O–H groups in total. The Kier molecular flexibility index (Phi) is 8.64. The number of aliphatic hydroxyl groups is 4. The molecule has 12 atom stereocenters. The molecule has 1 unspecified atom stereocenters. The van der Waals surface area contributed by atoms with E-state index in [1.165, 1.54) is 18.2 Å². The van der Waals surface area contributed by atoms with Gasteiger partial charge >= 0.3 is 5.97 Å². The molecule has 47 heavy (non-hydrogen) atoms. The van der Waals surface area contributed by atoms with Crippen molar-refractivity contribution in [2.24, 2.45) is 50.7 Å². The first kappa shape index (κ1) is 34.3. The van der Waals surface area contributed by atoms with Crippen molar-refractivity contribution >= 4 is 17.8 Å². The Hall–Kier alpha value is -2.52. The van der Waals surface area contributed by atoms with Gasteiger partial charge in [0.2, 0.25) is 0 Å². The predicted octanol–water partition coefficient (Wildman–Crippen LogP) is 5.20. The van der Waals surface area contributed by atoms with Crippen molar-refractivity contribution in [2.75, 3.05) is 13.2 Å². The van der Waals surface area contributed by atoms with Crippen molar-refractivity contribution in [3.05, 3.63) is 47.6 Å². The summed E-state index contributed by atoms with van der Waals surface area (Å²) in [7, 11) is 0. The number of fused-ring (bicyclic) bond motifs is 6. The van der Waals surface area contributed by atoms with E-state index in [0.29, 0.717) is 17.9 Å². The Bertz CT molecular complexity index is 1450. The average Bonchev–Trinajstić information content (AvgIpc) is 3.17. The number of carbonyl (C=O) groups excluding carboxylic acids is 2. The number of phenolic OH excluding ortho intramolecular Hbond substituents is 1. The minimum Gasteiger partial charge on any atom is -0.508 e. The number of ether oxygens (including phenoxy) is 1. The zero-order chi connectivity index (χ0) is 34.2. The van der Waals surface area contributed by atoms with Gasteiger partial charge in [-0.25, -0.2) is 4.79 Å². The van der Waals surface area contributed by atoms with Gasteiger partial charge < -0.3 is 30.3 Å². The van der Waals surface area contributed by atoms with E-state index >= 15 is 0 Å². The highest BCUT2D eigenvalue weighted by atomic mass is 16.5. The molecule has 258 valence electrons. The summed E-state index contributed by atoms with van der Waals surface area (Å²) in [5.74, 6) is -0.539. The van der Waals surface area contributed by atoms with Gasteiger partial charge in [-0.1, -0.05) is 58.4 Å². The normalized spacial score (nSPS) is 46.4. The number of hydrogen-bond donors (Lipinski definition) is 5. The lowest BCUT2D eigenvalue weighted by Gasteiger charge is -2.63. The molecule has 8 heteroatoms. The van der Waals surface area contributed by atoms with Gasteiger partial charge in [-0.15, -0.1) is 0 Å². The molecule has 4 fully saturated rings. The molecule has 8 nitrogen and oxygen atoms in total. The van der Waals surface area contributed by atoms with Crippen LogP contribution in [0.5, 0.6) is 5.75 Å². The number of aliphatic hydroxyl groups excluding tert-OH is 4. The van der Waals surface area contributed by atoms with E-state index in [9.17, 15) is 35.1 Å². The van der Waals surface area contributed by atoms with E-state index in [-0.39, 0.29) is 60.3 Å². The summed E-state index contributed by atoms with van der Waals surface area (Å²) in [6, 6.07) is 6.39. The summed E-state index contributed by atoms with van der Waals surface area (Å²) in [6.45, 7) is 10.4. The number of rotatable bonds is 5. The van der Waals surface area contributed by atoms with Crippen LogP contribution >= 0.6 is 0 Å². The van der Waals surface area contributed by atoms with Crippen LogP contribution in [0.25, 0.3) is 6.08 Å². The maximum Gasteiger partial charge on any atom is 0.330 e. The highest BCUT2D eigenvalue weighted by molar-refractivity contribution is 5.88. The van der Waals surface area contributed by atoms with Crippen LogP contribution in [0.4, 0.5) is 0 Å². The zero-order valence-electron chi connectivity index (χ0n) is 28.6. The Balaban J connectivity index is 1.28. The minimum atomic E-state index is -1.24. The van der Waals surface area contributed by atoms with Crippen LogP contribution in [0.1, 0.15) is 91.5 Å². The van der Waals surface area contributed by atoms with Crippen LogP contribution in [0.2, 0.25) is 0 Å². The molecule has 0 spiro atoms. The highest BCUT2D eigenvalue weighted by Crippen LogP contribution is 2.69. The van der Waals surface area contributed by atoms with Gasteiger partial charge in [0, 0.05) is 29.2 Å². The van der Waals surface area contributed by atoms with Gasteiger partial charge in [-0.2, -0.15) is 0 Å². The fourth-order valence-corrected chi connectivity index (χ4v) is 12.0. The number of hydrogen-bond acceptors (Lipinski definition) is 8. The first-order valence-corrected chi connectivity index (χ1v) is 17.5. The number of carbonyl (C=O) groups is 2. The van der Waals surface area contributed by atoms with Gasteiger partial charge in [0.25, 0.3) is 0 Å². The molecule has 5 aliphatic carbocycles. The van der Waals surface area contributed by atoms with Crippen molar-refractivity contribution in [2.45, 2.75) is 104 Å². The summed E-state index contributed by atoms with van der Waals surface area (Å²) in [5.41, 5.74) is -0.725. The molecule has 5 aliphatic rings. The second-order valence-corrected chi connectivity index (χ2v) is 17.1. The molecule has 0 heterocycles. The fourth-order valence-electron chi connectivity index (χ4n) is 12.0. The van der Waals surface area contributed by atoms with Crippen LogP contribution in [0.15, 0.2) is 42.0 Å². The third kappa shape index (κ3) is 5.33. The van der Waals surface area contributed by atoms with Crippen molar-refractivity contribution in [3.63, 3.8) is 0 Å². The quantitative estimate of drug-likeness (QED) is 0.166. The smallest absolute Gasteiger partial charge is 0.330 e. The standard InChI is InChI=1S/C39H54O8/c1-35-16-14-30-36(2,17-15-31(44)38(30,4)21-40)29(35)12-11-26-24(19-35)18-27(42)33-37(26,3)20-28(43)34(46)39(33,5)22-47-32(45)13-8-23-6-9-25(41)10-7-23/h6-10,13,19,26,28-31,33-34,40-41,43-44,46H,11-12,14-18,20-22H2,1-5H3/b13-8+/t26-,28?,29-,30+,31-,33+,34-,35-,36+,37+,38+,39-/m0/s1. The molecular weight excluding hydrogens is 596 g/mol. The Morgan fingerprint density at radius 1 is 0.915 bits per heavy atom.